The summed E-state index contributed by atoms with van der Waals surface area (Å²) in [7, 11) is 2.89. The Hall–Kier alpha value is -2.58. The van der Waals surface area contributed by atoms with Crippen LogP contribution in [-0.4, -0.2) is 36.8 Å². The maximum Gasteiger partial charge on any atom is 0.316 e. The molecule has 3 rings (SSSR count). The first-order valence-electron chi connectivity index (χ1n) is 7.65. The Bertz CT molecular complexity index is 955. The third-order valence-corrected chi connectivity index (χ3v) is 5.65. The van der Waals surface area contributed by atoms with Crippen LogP contribution in [0.1, 0.15) is 10.4 Å². The summed E-state index contributed by atoms with van der Waals surface area (Å²) in [4.78, 5) is 28.2. The van der Waals surface area contributed by atoms with Crippen LogP contribution >= 0.6 is 23.1 Å². The number of aromatic nitrogens is 1. The molecule has 0 unspecified atom stereocenters. The van der Waals surface area contributed by atoms with Crippen molar-refractivity contribution in [1.29, 1.82) is 0 Å². The number of rotatable bonds is 6. The average molecular weight is 388 g/mol. The molecule has 0 aliphatic carbocycles. The number of nitrogens with zero attached hydrogens (tertiary/aromatic N) is 1. The van der Waals surface area contributed by atoms with Crippen molar-refractivity contribution in [2.45, 2.75) is 4.34 Å². The van der Waals surface area contributed by atoms with E-state index in [0.29, 0.717) is 17.0 Å². The first-order chi connectivity index (χ1) is 12.6. The number of carbonyl (C=O) groups is 2. The molecule has 134 valence electrons. The highest BCUT2D eigenvalue weighted by Crippen LogP contribution is 2.31. The van der Waals surface area contributed by atoms with Gasteiger partial charge in [-0.2, -0.15) is 0 Å². The third kappa shape index (κ3) is 4.14. The molecule has 0 saturated heterocycles. The molecule has 1 heterocycles. The molecule has 0 saturated carbocycles. The Balaban J connectivity index is 1.76. The third-order valence-electron chi connectivity index (χ3n) is 3.52. The minimum atomic E-state index is -0.293. The lowest BCUT2D eigenvalue weighted by molar-refractivity contribution is -0.137. The number of methoxy groups -OCH3 is 2. The second kappa shape index (κ2) is 8.20. The van der Waals surface area contributed by atoms with E-state index >= 15 is 0 Å². The van der Waals surface area contributed by atoms with Crippen LogP contribution in [0.5, 0.6) is 5.75 Å². The van der Waals surface area contributed by atoms with E-state index in [9.17, 15) is 9.59 Å². The summed E-state index contributed by atoms with van der Waals surface area (Å²) in [6.07, 6.45) is 0. The molecule has 6 nitrogen and oxygen atoms in total. The molecule has 1 aromatic heterocycles. The van der Waals surface area contributed by atoms with Crippen molar-refractivity contribution in [2.75, 3.05) is 25.3 Å². The number of carbonyl (C=O) groups excluding carboxylic acids is 2. The number of fused-ring (bicyclic) bond motifs is 1. The number of anilines is 1. The lowest BCUT2D eigenvalue weighted by Crippen LogP contribution is -2.12. The van der Waals surface area contributed by atoms with E-state index in [1.807, 2.05) is 18.2 Å². The number of amides is 1. The largest absolute Gasteiger partial charge is 0.496 e. The van der Waals surface area contributed by atoms with Crippen molar-refractivity contribution < 1.29 is 19.1 Å². The highest BCUT2D eigenvalue weighted by atomic mass is 32.2. The average Bonchev–Trinajstić information content (AvgIpc) is 3.08. The summed E-state index contributed by atoms with van der Waals surface area (Å²) in [5.41, 5.74) is 1.95. The van der Waals surface area contributed by atoms with E-state index in [4.69, 9.17) is 4.74 Å². The van der Waals surface area contributed by atoms with Gasteiger partial charge in [0.15, 0.2) is 4.34 Å². The Morgan fingerprint density at radius 2 is 2.00 bits per heavy atom. The van der Waals surface area contributed by atoms with Gasteiger partial charge in [0, 0.05) is 5.69 Å². The quantitative estimate of drug-likeness (QED) is 0.511. The Morgan fingerprint density at radius 1 is 1.19 bits per heavy atom. The zero-order valence-corrected chi connectivity index (χ0v) is 15.8. The van der Waals surface area contributed by atoms with Gasteiger partial charge in [0.2, 0.25) is 0 Å². The molecule has 0 atom stereocenters. The fraction of sp³-hybridized carbons (Fsp3) is 0.167. The molecule has 1 N–H and O–H groups in total. The van der Waals surface area contributed by atoms with E-state index < -0.39 is 0 Å². The van der Waals surface area contributed by atoms with Crippen molar-refractivity contribution in [2.24, 2.45) is 0 Å². The van der Waals surface area contributed by atoms with Gasteiger partial charge in [0.05, 0.1) is 35.8 Å². The second-order valence-corrected chi connectivity index (χ2v) is 7.43. The van der Waals surface area contributed by atoms with Crippen molar-refractivity contribution in [3.63, 3.8) is 0 Å². The van der Waals surface area contributed by atoms with E-state index in [2.05, 4.69) is 15.0 Å². The van der Waals surface area contributed by atoms with E-state index in [0.717, 1.165) is 14.6 Å². The number of nitrogens with one attached hydrogen (secondary N) is 1. The smallest absolute Gasteiger partial charge is 0.316 e. The lowest BCUT2D eigenvalue weighted by Gasteiger charge is -2.09. The number of esters is 1. The molecular weight excluding hydrogens is 372 g/mol. The Labute approximate surface area is 158 Å². The van der Waals surface area contributed by atoms with E-state index in [1.165, 1.54) is 37.3 Å². The van der Waals surface area contributed by atoms with Crippen LogP contribution in [0.4, 0.5) is 5.69 Å². The molecule has 26 heavy (non-hydrogen) atoms. The number of para-hydroxylation sites is 1. The molecular formula is C18H16N2O4S2. The predicted octanol–water partition coefficient (Wildman–Crippen LogP) is 3.82. The van der Waals surface area contributed by atoms with Crippen LogP contribution in [0.15, 0.2) is 46.8 Å². The minimum absolute atomic E-state index is 0.216. The summed E-state index contributed by atoms with van der Waals surface area (Å²) in [6, 6.07) is 12.5. The number of ether oxygens (including phenoxy) is 2. The first kappa shape index (κ1) is 18.2. The zero-order valence-electron chi connectivity index (χ0n) is 14.1. The molecule has 3 aromatic rings. The predicted molar refractivity (Wildman–Crippen MR) is 103 cm³/mol. The summed E-state index contributed by atoms with van der Waals surface area (Å²) in [6.45, 7) is 0. The number of thiazole rings is 1. The van der Waals surface area contributed by atoms with Crippen LogP contribution in [0.3, 0.4) is 0 Å². The van der Waals surface area contributed by atoms with Gasteiger partial charge in [-0.15, -0.1) is 11.3 Å². The molecule has 8 heteroatoms. The SMILES string of the molecule is COC(=O)CSc1nc2ccc(NC(=O)c3ccccc3OC)cc2s1. The van der Waals surface area contributed by atoms with Crippen molar-refractivity contribution in [1.82, 2.24) is 4.98 Å². The molecule has 0 aliphatic heterocycles. The van der Waals surface area contributed by atoms with Crippen molar-refractivity contribution in [3.05, 3.63) is 48.0 Å². The molecule has 0 radical (unpaired) electrons. The van der Waals surface area contributed by atoms with Crippen molar-refractivity contribution in [3.8, 4) is 5.75 Å². The topological polar surface area (TPSA) is 77.5 Å². The molecule has 0 fully saturated rings. The summed E-state index contributed by atoms with van der Waals surface area (Å²) < 4.78 is 11.6. The van der Waals surface area contributed by atoms with Gasteiger partial charge < -0.3 is 14.8 Å². The minimum Gasteiger partial charge on any atom is -0.496 e. The van der Waals surface area contributed by atoms with Gasteiger partial charge in [0.25, 0.3) is 5.91 Å². The van der Waals surface area contributed by atoms with Gasteiger partial charge in [0.1, 0.15) is 5.75 Å². The monoisotopic (exact) mass is 388 g/mol. The first-order valence-corrected chi connectivity index (χ1v) is 9.45. The number of hydrogen-bond donors (Lipinski definition) is 1. The Kier molecular flexibility index (Phi) is 5.75. The van der Waals surface area contributed by atoms with Gasteiger partial charge >= 0.3 is 5.97 Å². The fourth-order valence-electron chi connectivity index (χ4n) is 2.25. The number of hydrogen-bond acceptors (Lipinski definition) is 7. The van der Waals surface area contributed by atoms with Gasteiger partial charge in [-0.25, -0.2) is 4.98 Å². The molecule has 0 aliphatic rings. The number of thioether (sulfide) groups is 1. The number of benzene rings is 2. The lowest BCUT2D eigenvalue weighted by atomic mass is 10.2. The maximum absolute atomic E-state index is 12.5. The molecule has 2 aromatic carbocycles. The van der Waals surface area contributed by atoms with Gasteiger partial charge in [-0.1, -0.05) is 23.9 Å². The van der Waals surface area contributed by atoms with E-state index in [-0.39, 0.29) is 17.6 Å². The van der Waals surface area contributed by atoms with Crippen molar-refractivity contribution >= 4 is 50.9 Å². The Morgan fingerprint density at radius 3 is 2.77 bits per heavy atom. The second-order valence-electron chi connectivity index (χ2n) is 5.18. The summed E-state index contributed by atoms with van der Waals surface area (Å²) in [5.74, 6) is 0.198. The van der Waals surface area contributed by atoms with E-state index in [1.54, 1.807) is 24.3 Å². The molecule has 0 bridgehead atoms. The summed E-state index contributed by atoms with van der Waals surface area (Å²) >= 11 is 2.79. The van der Waals surface area contributed by atoms with Crippen LogP contribution in [0.25, 0.3) is 10.2 Å². The highest BCUT2D eigenvalue weighted by molar-refractivity contribution is 8.01. The zero-order chi connectivity index (χ0) is 18.5. The highest BCUT2D eigenvalue weighted by Gasteiger charge is 2.13. The maximum atomic E-state index is 12.5. The van der Waals surface area contributed by atoms with Crippen LogP contribution in [-0.2, 0) is 9.53 Å². The molecule has 0 spiro atoms. The van der Waals surface area contributed by atoms with Crippen LogP contribution in [0.2, 0.25) is 0 Å². The standard InChI is InChI=1S/C18H16N2O4S2/c1-23-14-6-4-3-5-12(14)17(22)19-11-7-8-13-15(9-11)26-18(20-13)25-10-16(21)24-2/h3-9H,10H2,1-2H3,(H,19,22). The summed E-state index contributed by atoms with van der Waals surface area (Å²) in [5, 5.41) is 2.87. The molecule has 1 amide bonds. The van der Waals surface area contributed by atoms with Crippen LogP contribution in [0, 0.1) is 0 Å². The van der Waals surface area contributed by atoms with Gasteiger partial charge in [-0.05, 0) is 30.3 Å². The normalized spacial score (nSPS) is 10.5. The fourth-order valence-corrected chi connectivity index (χ4v) is 4.19. The van der Waals surface area contributed by atoms with Gasteiger partial charge in [-0.3, -0.25) is 9.59 Å². The van der Waals surface area contributed by atoms with Crippen LogP contribution < -0.4 is 10.1 Å².